The van der Waals surface area contributed by atoms with E-state index in [1.54, 1.807) is 6.92 Å². The zero-order valence-electron chi connectivity index (χ0n) is 5.72. The van der Waals surface area contributed by atoms with Crippen LogP contribution in [0.4, 0.5) is 0 Å². The van der Waals surface area contributed by atoms with E-state index in [1.807, 2.05) is 0 Å². The van der Waals surface area contributed by atoms with Crippen molar-refractivity contribution in [3.63, 3.8) is 0 Å². The van der Waals surface area contributed by atoms with E-state index in [9.17, 15) is 4.79 Å². The summed E-state index contributed by atoms with van der Waals surface area (Å²) in [5, 5.41) is 0. The smallest absolute Gasteiger partial charge is 0.305 e. The van der Waals surface area contributed by atoms with Crippen LogP contribution >= 0.6 is 0 Å². The predicted octanol–water partition coefficient (Wildman–Crippen LogP) is 0.288. The SMILES string of the molecule is CCC(=O)OCCCN. The van der Waals surface area contributed by atoms with Gasteiger partial charge in [-0.2, -0.15) is 0 Å². The van der Waals surface area contributed by atoms with Gasteiger partial charge in [0.25, 0.3) is 0 Å². The summed E-state index contributed by atoms with van der Waals surface area (Å²) in [6.07, 6.45) is 1.20. The third-order valence-electron chi connectivity index (χ3n) is 0.900. The normalized spacial score (nSPS) is 9.11. The van der Waals surface area contributed by atoms with Crippen molar-refractivity contribution in [2.24, 2.45) is 5.73 Å². The summed E-state index contributed by atoms with van der Waals surface area (Å²) in [7, 11) is 0. The van der Waals surface area contributed by atoms with Crippen LogP contribution in [0.3, 0.4) is 0 Å². The van der Waals surface area contributed by atoms with Crippen molar-refractivity contribution in [1.82, 2.24) is 0 Å². The van der Waals surface area contributed by atoms with Crippen molar-refractivity contribution < 1.29 is 9.53 Å². The second-order valence-electron chi connectivity index (χ2n) is 1.72. The molecule has 0 aliphatic heterocycles. The van der Waals surface area contributed by atoms with Gasteiger partial charge in [-0.15, -0.1) is 0 Å². The maximum atomic E-state index is 10.4. The molecule has 3 nitrogen and oxygen atoms in total. The molecule has 0 aromatic rings. The summed E-state index contributed by atoms with van der Waals surface area (Å²) in [5.74, 6) is -0.150. The highest BCUT2D eigenvalue weighted by molar-refractivity contribution is 5.68. The van der Waals surface area contributed by atoms with Crippen LogP contribution in [0.2, 0.25) is 0 Å². The van der Waals surface area contributed by atoms with E-state index in [4.69, 9.17) is 10.5 Å². The molecule has 9 heavy (non-hydrogen) atoms. The van der Waals surface area contributed by atoms with Crippen LogP contribution < -0.4 is 5.73 Å². The van der Waals surface area contributed by atoms with Gasteiger partial charge in [0.2, 0.25) is 0 Å². The molecule has 0 spiro atoms. The van der Waals surface area contributed by atoms with Crippen LogP contribution in [-0.4, -0.2) is 19.1 Å². The zero-order valence-corrected chi connectivity index (χ0v) is 5.72. The van der Waals surface area contributed by atoms with Gasteiger partial charge in [0.15, 0.2) is 0 Å². The largest absolute Gasteiger partial charge is 0.466 e. The van der Waals surface area contributed by atoms with E-state index in [0.29, 0.717) is 19.6 Å². The summed E-state index contributed by atoms with van der Waals surface area (Å²) in [6, 6.07) is 0. The van der Waals surface area contributed by atoms with Gasteiger partial charge in [-0.25, -0.2) is 0 Å². The molecule has 0 unspecified atom stereocenters. The fraction of sp³-hybridized carbons (Fsp3) is 0.833. The van der Waals surface area contributed by atoms with Crippen molar-refractivity contribution in [1.29, 1.82) is 0 Å². The molecule has 54 valence electrons. The molecule has 0 bridgehead atoms. The van der Waals surface area contributed by atoms with Gasteiger partial charge in [-0.05, 0) is 13.0 Å². The van der Waals surface area contributed by atoms with Gasteiger partial charge < -0.3 is 10.5 Å². The fourth-order valence-electron chi connectivity index (χ4n) is 0.371. The van der Waals surface area contributed by atoms with Gasteiger partial charge in [0.05, 0.1) is 6.61 Å². The Morgan fingerprint density at radius 2 is 2.33 bits per heavy atom. The number of carbonyl (C=O) groups is 1. The number of hydrogen-bond acceptors (Lipinski definition) is 3. The van der Waals surface area contributed by atoms with E-state index >= 15 is 0 Å². The molecule has 0 aliphatic carbocycles. The second kappa shape index (κ2) is 5.56. The Labute approximate surface area is 55.2 Å². The van der Waals surface area contributed by atoms with Gasteiger partial charge in [-0.3, -0.25) is 4.79 Å². The molecule has 0 heterocycles. The molecule has 2 N–H and O–H groups in total. The van der Waals surface area contributed by atoms with E-state index < -0.39 is 0 Å². The van der Waals surface area contributed by atoms with Crippen LogP contribution in [0.25, 0.3) is 0 Å². The third kappa shape index (κ3) is 5.30. The third-order valence-corrected chi connectivity index (χ3v) is 0.900. The first-order valence-corrected chi connectivity index (χ1v) is 3.17. The monoisotopic (exact) mass is 131 g/mol. The molecule has 0 rings (SSSR count). The Morgan fingerprint density at radius 1 is 1.67 bits per heavy atom. The minimum atomic E-state index is -0.150. The highest BCUT2D eigenvalue weighted by atomic mass is 16.5. The highest BCUT2D eigenvalue weighted by Gasteiger charge is 1.94. The topological polar surface area (TPSA) is 52.3 Å². The Hall–Kier alpha value is -0.570. The summed E-state index contributed by atoms with van der Waals surface area (Å²) < 4.78 is 4.71. The van der Waals surface area contributed by atoms with Crippen molar-refractivity contribution in [2.75, 3.05) is 13.2 Å². The molecule has 0 aromatic heterocycles. The number of carbonyl (C=O) groups excluding carboxylic acids is 1. The molecule has 3 heteroatoms. The summed E-state index contributed by atoms with van der Waals surface area (Å²) in [6.45, 7) is 2.81. The van der Waals surface area contributed by atoms with Crippen LogP contribution in [0.5, 0.6) is 0 Å². The first kappa shape index (κ1) is 8.43. The van der Waals surface area contributed by atoms with Crippen molar-refractivity contribution in [3.8, 4) is 0 Å². The number of hydrogen-bond donors (Lipinski definition) is 1. The lowest BCUT2D eigenvalue weighted by Crippen LogP contribution is -2.08. The average Bonchev–Trinajstić information content (AvgIpc) is 1.89. The fourth-order valence-corrected chi connectivity index (χ4v) is 0.371. The van der Waals surface area contributed by atoms with Gasteiger partial charge in [-0.1, -0.05) is 6.92 Å². The van der Waals surface area contributed by atoms with Crippen molar-refractivity contribution in [2.45, 2.75) is 19.8 Å². The first-order valence-electron chi connectivity index (χ1n) is 3.17. The maximum absolute atomic E-state index is 10.4. The Bertz CT molecular complexity index is 83.1. The average molecular weight is 131 g/mol. The molecular weight excluding hydrogens is 118 g/mol. The number of esters is 1. The standard InChI is InChI=1S/C6H13NO2/c1-2-6(8)9-5-3-4-7/h2-5,7H2,1H3. The lowest BCUT2D eigenvalue weighted by Gasteiger charge is -1.99. The van der Waals surface area contributed by atoms with E-state index in [2.05, 4.69) is 0 Å². The molecule has 0 saturated heterocycles. The van der Waals surface area contributed by atoms with Gasteiger partial charge >= 0.3 is 5.97 Å². The molecule has 0 amide bonds. The molecule has 0 saturated carbocycles. The maximum Gasteiger partial charge on any atom is 0.305 e. The van der Waals surface area contributed by atoms with Crippen molar-refractivity contribution >= 4 is 5.97 Å². The van der Waals surface area contributed by atoms with Crippen molar-refractivity contribution in [3.05, 3.63) is 0 Å². The molecule has 0 aliphatic rings. The minimum absolute atomic E-state index is 0.150. The van der Waals surface area contributed by atoms with E-state index in [-0.39, 0.29) is 5.97 Å². The number of rotatable bonds is 4. The van der Waals surface area contributed by atoms with Crippen LogP contribution in [-0.2, 0) is 9.53 Å². The second-order valence-corrected chi connectivity index (χ2v) is 1.72. The first-order chi connectivity index (χ1) is 4.31. The number of nitrogens with two attached hydrogens (primary N) is 1. The summed E-state index contributed by atoms with van der Waals surface area (Å²) in [4.78, 5) is 10.4. The van der Waals surface area contributed by atoms with E-state index in [0.717, 1.165) is 6.42 Å². The van der Waals surface area contributed by atoms with Gasteiger partial charge in [0.1, 0.15) is 0 Å². The Balaban J connectivity index is 2.97. The quantitative estimate of drug-likeness (QED) is 0.440. The minimum Gasteiger partial charge on any atom is -0.466 e. The Kier molecular flexibility index (Phi) is 5.21. The molecule has 0 radical (unpaired) electrons. The molecule has 0 aromatic carbocycles. The summed E-state index contributed by atoms with van der Waals surface area (Å²) in [5.41, 5.74) is 5.16. The molecule has 0 atom stereocenters. The lowest BCUT2D eigenvalue weighted by atomic mass is 10.4. The highest BCUT2D eigenvalue weighted by Crippen LogP contribution is 1.85. The molecular formula is C6H13NO2. The molecule has 0 fully saturated rings. The predicted molar refractivity (Wildman–Crippen MR) is 34.9 cm³/mol. The van der Waals surface area contributed by atoms with Crippen LogP contribution in [0.15, 0.2) is 0 Å². The van der Waals surface area contributed by atoms with Crippen LogP contribution in [0.1, 0.15) is 19.8 Å². The van der Waals surface area contributed by atoms with E-state index in [1.165, 1.54) is 0 Å². The number of ether oxygens (including phenoxy) is 1. The zero-order chi connectivity index (χ0) is 7.11. The lowest BCUT2D eigenvalue weighted by molar-refractivity contribution is -0.143. The Morgan fingerprint density at radius 3 is 2.78 bits per heavy atom. The summed E-state index contributed by atoms with van der Waals surface area (Å²) >= 11 is 0. The van der Waals surface area contributed by atoms with Crippen LogP contribution in [0, 0.1) is 0 Å². The van der Waals surface area contributed by atoms with Gasteiger partial charge in [0, 0.05) is 6.42 Å².